The maximum absolute atomic E-state index is 14.3. The van der Waals surface area contributed by atoms with E-state index in [-0.39, 0.29) is 11.1 Å². The van der Waals surface area contributed by atoms with E-state index in [1.165, 1.54) is 6.92 Å². The number of unbranched alkanes of at least 4 members (excludes halogenated alkanes) is 1. The molecule has 3 nitrogen and oxygen atoms in total. The Labute approximate surface area is 158 Å². The van der Waals surface area contributed by atoms with Crippen LogP contribution in [0, 0.1) is 18.2 Å². The van der Waals surface area contributed by atoms with Crippen LogP contribution in [0.5, 0.6) is 0 Å². The third kappa shape index (κ3) is 6.37. The van der Waals surface area contributed by atoms with Crippen molar-refractivity contribution in [1.29, 1.82) is 0 Å². The first-order chi connectivity index (χ1) is 11.4. The molecule has 0 saturated carbocycles. The van der Waals surface area contributed by atoms with E-state index < -0.39 is 23.8 Å². The monoisotopic (exact) mass is 460 g/mol. The molecule has 0 N–H and O–H groups in total. The molecular formula is C18H19Br2FO3. The Morgan fingerprint density at radius 3 is 2.58 bits per heavy atom. The average molecular weight is 462 g/mol. The van der Waals surface area contributed by atoms with E-state index in [0.717, 1.165) is 0 Å². The summed E-state index contributed by atoms with van der Waals surface area (Å²) in [6.07, 6.45) is 7.15. The molecule has 1 aromatic carbocycles. The van der Waals surface area contributed by atoms with Crippen molar-refractivity contribution in [2.24, 2.45) is 0 Å². The molecule has 0 aliphatic heterocycles. The van der Waals surface area contributed by atoms with Crippen LogP contribution in [0.2, 0.25) is 0 Å². The molecule has 0 fully saturated rings. The second-order valence-corrected chi connectivity index (χ2v) is 6.76. The Balaban J connectivity index is 2.69. The molecule has 24 heavy (non-hydrogen) atoms. The molecule has 0 radical (unpaired) electrons. The van der Waals surface area contributed by atoms with Gasteiger partial charge in [0.25, 0.3) is 0 Å². The molecule has 1 rings (SSSR count). The number of ether oxygens (including phenoxy) is 1. The number of benzene rings is 1. The number of rotatable bonds is 9. The predicted molar refractivity (Wildman–Crippen MR) is 98.5 cm³/mol. The van der Waals surface area contributed by atoms with Crippen LogP contribution in [0.3, 0.4) is 0 Å². The minimum Gasteiger partial charge on any atom is -0.449 e. The first-order valence-corrected chi connectivity index (χ1v) is 9.48. The van der Waals surface area contributed by atoms with Gasteiger partial charge >= 0.3 is 5.97 Å². The van der Waals surface area contributed by atoms with Gasteiger partial charge in [0.2, 0.25) is 0 Å². The number of terminal acetylenes is 1. The Morgan fingerprint density at radius 1 is 1.33 bits per heavy atom. The third-order valence-electron chi connectivity index (χ3n) is 3.58. The van der Waals surface area contributed by atoms with Crippen LogP contribution in [0.15, 0.2) is 22.7 Å². The first kappa shape index (κ1) is 20.9. The lowest BCUT2D eigenvalue weighted by atomic mass is 9.89. The zero-order valence-corrected chi connectivity index (χ0v) is 16.5. The number of hydrogen-bond donors (Lipinski definition) is 0. The Bertz CT molecular complexity index is 625. The van der Waals surface area contributed by atoms with Gasteiger partial charge in [0.1, 0.15) is 5.82 Å². The van der Waals surface area contributed by atoms with E-state index >= 15 is 0 Å². The highest BCUT2D eigenvalue weighted by molar-refractivity contribution is 9.10. The van der Waals surface area contributed by atoms with E-state index in [4.69, 9.17) is 11.2 Å². The summed E-state index contributed by atoms with van der Waals surface area (Å²) in [6, 6.07) is 4.95. The summed E-state index contributed by atoms with van der Waals surface area (Å²) in [6.45, 7) is 1.31. The highest BCUT2D eigenvalue weighted by Gasteiger charge is 2.23. The summed E-state index contributed by atoms with van der Waals surface area (Å²) in [7, 11) is 0. The molecule has 0 heterocycles. The van der Waals surface area contributed by atoms with Gasteiger partial charge < -0.3 is 4.74 Å². The van der Waals surface area contributed by atoms with Crippen molar-refractivity contribution in [2.45, 2.75) is 44.6 Å². The van der Waals surface area contributed by atoms with Gasteiger partial charge in [0, 0.05) is 12.8 Å². The van der Waals surface area contributed by atoms with E-state index in [0.29, 0.717) is 35.7 Å². The van der Waals surface area contributed by atoms with Crippen molar-refractivity contribution in [2.75, 3.05) is 5.33 Å². The highest BCUT2D eigenvalue weighted by atomic mass is 79.9. The fourth-order valence-electron chi connectivity index (χ4n) is 2.43. The SMILES string of the molecule is C#CC(CCCCC(C(=O)CBr)c1cccc(Br)c1F)OC(C)=O. The van der Waals surface area contributed by atoms with E-state index in [1.807, 2.05) is 0 Å². The molecule has 0 saturated heterocycles. The van der Waals surface area contributed by atoms with Crippen LogP contribution >= 0.6 is 31.9 Å². The van der Waals surface area contributed by atoms with Crippen LogP contribution in [0.4, 0.5) is 4.39 Å². The minimum atomic E-state index is -0.560. The van der Waals surface area contributed by atoms with Gasteiger partial charge in [-0.05, 0) is 46.8 Å². The van der Waals surface area contributed by atoms with Crippen molar-refractivity contribution >= 4 is 43.6 Å². The van der Waals surface area contributed by atoms with Crippen molar-refractivity contribution in [3.8, 4) is 12.3 Å². The number of esters is 1. The number of hydrogen-bond acceptors (Lipinski definition) is 3. The molecule has 1 aromatic rings. The zero-order chi connectivity index (χ0) is 18.1. The van der Waals surface area contributed by atoms with E-state index in [9.17, 15) is 14.0 Å². The number of carbonyl (C=O) groups excluding carboxylic acids is 2. The minimum absolute atomic E-state index is 0.0690. The second-order valence-electron chi connectivity index (χ2n) is 5.34. The summed E-state index contributed by atoms with van der Waals surface area (Å²) < 4.78 is 19.6. The van der Waals surface area contributed by atoms with Gasteiger partial charge in [-0.1, -0.05) is 40.4 Å². The average Bonchev–Trinajstić information content (AvgIpc) is 2.55. The first-order valence-electron chi connectivity index (χ1n) is 7.56. The summed E-state index contributed by atoms with van der Waals surface area (Å²) >= 11 is 6.31. The van der Waals surface area contributed by atoms with Crippen LogP contribution in [-0.4, -0.2) is 23.2 Å². The maximum atomic E-state index is 14.3. The fraction of sp³-hybridized carbons (Fsp3) is 0.444. The standard InChI is InChI=1S/C18H19Br2FO3/c1-3-13(24-12(2)22)7-4-5-8-14(17(23)11-19)15-9-6-10-16(20)18(15)21/h1,6,9-10,13-14H,4-5,7-8,11H2,2H3. The molecule has 0 aliphatic carbocycles. The maximum Gasteiger partial charge on any atom is 0.303 e. The molecule has 2 atom stereocenters. The molecule has 0 spiro atoms. The van der Waals surface area contributed by atoms with Crippen LogP contribution < -0.4 is 0 Å². The number of ketones is 1. The lowest BCUT2D eigenvalue weighted by molar-refractivity contribution is -0.144. The lowest BCUT2D eigenvalue weighted by Crippen LogP contribution is -2.16. The molecular weight excluding hydrogens is 443 g/mol. The third-order valence-corrected chi connectivity index (χ3v) is 4.75. The quantitative estimate of drug-likeness (QED) is 0.230. The Kier molecular flexibility index (Phi) is 9.24. The van der Waals surface area contributed by atoms with E-state index in [1.54, 1.807) is 18.2 Å². The van der Waals surface area contributed by atoms with Crippen LogP contribution in [-0.2, 0) is 14.3 Å². The largest absolute Gasteiger partial charge is 0.449 e. The molecule has 0 aromatic heterocycles. The summed E-state index contributed by atoms with van der Waals surface area (Å²) in [5.74, 6) is 1.02. The van der Waals surface area contributed by atoms with Gasteiger partial charge in [-0.2, -0.15) is 0 Å². The number of carbonyl (C=O) groups is 2. The van der Waals surface area contributed by atoms with Crippen molar-refractivity contribution < 1.29 is 18.7 Å². The zero-order valence-electron chi connectivity index (χ0n) is 13.4. The van der Waals surface area contributed by atoms with Crippen molar-refractivity contribution in [1.82, 2.24) is 0 Å². The number of alkyl halides is 1. The highest BCUT2D eigenvalue weighted by Crippen LogP contribution is 2.30. The van der Waals surface area contributed by atoms with Gasteiger partial charge in [0.15, 0.2) is 11.9 Å². The van der Waals surface area contributed by atoms with Gasteiger partial charge in [-0.15, -0.1) is 6.42 Å². The Morgan fingerprint density at radius 2 is 2.00 bits per heavy atom. The topological polar surface area (TPSA) is 43.4 Å². The lowest BCUT2D eigenvalue weighted by Gasteiger charge is -2.17. The van der Waals surface area contributed by atoms with Crippen molar-refractivity contribution in [3.63, 3.8) is 0 Å². The fourth-order valence-corrected chi connectivity index (χ4v) is 3.20. The normalized spacial score (nSPS) is 13.0. The van der Waals surface area contributed by atoms with Gasteiger partial charge in [-0.25, -0.2) is 4.39 Å². The van der Waals surface area contributed by atoms with Crippen molar-refractivity contribution in [3.05, 3.63) is 34.1 Å². The van der Waals surface area contributed by atoms with Gasteiger partial charge in [-0.3, -0.25) is 9.59 Å². The molecule has 2 unspecified atom stereocenters. The van der Waals surface area contributed by atoms with Crippen LogP contribution in [0.25, 0.3) is 0 Å². The molecule has 6 heteroatoms. The number of halogens is 3. The number of Topliss-reactive ketones (excluding diaryl/α,β-unsaturated/α-hetero) is 1. The second kappa shape index (κ2) is 10.6. The summed E-state index contributed by atoms with van der Waals surface area (Å²) in [5.41, 5.74) is 0.391. The molecule has 0 bridgehead atoms. The smallest absolute Gasteiger partial charge is 0.303 e. The Hall–Kier alpha value is -1.19. The molecule has 0 aliphatic rings. The van der Waals surface area contributed by atoms with Gasteiger partial charge in [0.05, 0.1) is 9.80 Å². The molecule has 0 amide bonds. The summed E-state index contributed by atoms with van der Waals surface area (Å²) in [4.78, 5) is 23.1. The van der Waals surface area contributed by atoms with E-state index in [2.05, 4.69) is 37.8 Å². The molecule has 130 valence electrons. The van der Waals surface area contributed by atoms with Crippen LogP contribution in [0.1, 0.15) is 44.1 Å². The summed E-state index contributed by atoms with van der Waals surface area (Å²) in [5, 5.41) is 0.171. The predicted octanol–water partition coefficient (Wildman–Crippen LogP) is 4.76.